The maximum absolute atomic E-state index is 13.1. The standard InChI is InChI=1S/C15H16ClFN4O3/c1-24-8-10-5-14(23)21(15(18)20-10)7-13(22)19-6-9-2-3-12(17)11(16)4-9/h2-5H,6-8H2,1H3,(H2,18,20)(H,19,22). The normalized spacial score (nSPS) is 10.6. The van der Waals surface area contributed by atoms with Gasteiger partial charge in [0.25, 0.3) is 5.56 Å². The zero-order valence-corrected chi connectivity index (χ0v) is 13.6. The van der Waals surface area contributed by atoms with Crippen molar-refractivity contribution in [2.75, 3.05) is 12.8 Å². The van der Waals surface area contributed by atoms with Crippen molar-refractivity contribution < 1.29 is 13.9 Å². The SMILES string of the molecule is COCc1cc(=O)n(CC(=O)NCc2ccc(F)c(Cl)c2)c(N)n1. The van der Waals surface area contributed by atoms with Gasteiger partial charge in [-0.3, -0.25) is 14.2 Å². The molecule has 1 heterocycles. The Kier molecular flexibility index (Phi) is 5.88. The Hall–Kier alpha value is -2.45. The summed E-state index contributed by atoms with van der Waals surface area (Å²) in [5, 5.41) is 2.57. The van der Waals surface area contributed by atoms with Crippen LogP contribution in [0, 0.1) is 5.82 Å². The summed E-state index contributed by atoms with van der Waals surface area (Å²) in [7, 11) is 1.47. The first-order chi connectivity index (χ1) is 11.4. The fourth-order valence-corrected chi connectivity index (χ4v) is 2.21. The largest absolute Gasteiger partial charge is 0.378 e. The van der Waals surface area contributed by atoms with Crippen LogP contribution < -0.4 is 16.6 Å². The Morgan fingerprint density at radius 3 is 2.83 bits per heavy atom. The quantitative estimate of drug-likeness (QED) is 0.808. The van der Waals surface area contributed by atoms with Crippen molar-refractivity contribution in [3.05, 3.63) is 56.7 Å². The molecule has 7 nitrogen and oxygen atoms in total. The Balaban J connectivity index is 2.02. The summed E-state index contributed by atoms with van der Waals surface area (Å²) in [5.74, 6) is -1.05. The minimum Gasteiger partial charge on any atom is -0.378 e. The molecule has 24 heavy (non-hydrogen) atoms. The number of nitrogens with one attached hydrogen (secondary N) is 1. The highest BCUT2D eigenvalue weighted by molar-refractivity contribution is 6.30. The Morgan fingerprint density at radius 2 is 2.21 bits per heavy atom. The number of hydrogen-bond acceptors (Lipinski definition) is 5. The summed E-state index contributed by atoms with van der Waals surface area (Å²) in [4.78, 5) is 27.9. The van der Waals surface area contributed by atoms with Crippen LogP contribution in [0.3, 0.4) is 0 Å². The van der Waals surface area contributed by atoms with E-state index in [1.54, 1.807) is 0 Å². The number of carbonyl (C=O) groups excluding carboxylic acids is 1. The molecule has 0 atom stereocenters. The summed E-state index contributed by atoms with van der Waals surface area (Å²) in [6.07, 6.45) is 0. The molecule has 128 valence electrons. The lowest BCUT2D eigenvalue weighted by Gasteiger charge is -2.11. The highest BCUT2D eigenvalue weighted by Gasteiger charge is 2.10. The van der Waals surface area contributed by atoms with Gasteiger partial charge in [-0.15, -0.1) is 0 Å². The van der Waals surface area contributed by atoms with Crippen molar-refractivity contribution in [1.82, 2.24) is 14.9 Å². The Labute approximate surface area is 142 Å². The number of nitrogens with two attached hydrogens (primary N) is 1. The van der Waals surface area contributed by atoms with E-state index in [1.165, 1.54) is 31.4 Å². The second-order valence-corrected chi connectivity index (χ2v) is 5.40. The number of amides is 1. The molecule has 0 saturated carbocycles. The second-order valence-electron chi connectivity index (χ2n) is 4.99. The van der Waals surface area contributed by atoms with Gasteiger partial charge in [-0.2, -0.15) is 0 Å². The molecule has 1 aromatic heterocycles. The minimum absolute atomic E-state index is 0.0276. The summed E-state index contributed by atoms with van der Waals surface area (Å²) in [5.41, 5.74) is 6.27. The summed E-state index contributed by atoms with van der Waals surface area (Å²) < 4.78 is 19.0. The first kappa shape index (κ1) is 17.9. The lowest BCUT2D eigenvalue weighted by molar-refractivity contribution is -0.121. The van der Waals surface area contributed by atoms with E-state index in [4.69, 9.17) is 22.1 Å². The summed E-state index contributed by atoms with van der Waals surface area (Å²) in [6.45, 7) is 0.0142. The van der Waals surface area contributed by atoms with E-state index in [0.29, 0.717) is 11.3 Å². The number of rotatable bonds is 6. The number of anilines is 1. The maximum atomic E-state index is 13.1. The van der Waals surface area contributed by atoms with Gasteiger partial charge in [0.2, 0.25) is 11.9 Å². The van der Waals surface area contributed by atoms with Crippen LogP contribution in [0.1, 0.15) is 11.3 Å². The molecule has 2 aromatic rings. The van der Waals surface area contributed by atoms with Gasteiger partial charge in [-0.05, 0) is 17.7 Å². The van der Waals surface area contributed by atoms with Crippen LogP contribution in [0.4, 0.5) is 10.3 Å². The van der Waals surface area contributed by atoms with Crippen molar-refractivity contribution in [3.8, 4) is 0 Å². The van der Waals surface area contributed by atoms with Gasteiger partial charge in [0.15, 0.2) is 0 Å². The third-order valence-electron chi connectivity index (χ3n) is 3.16. The first-order valence-electron chi connectivity index (χ1n) is 6.96. The van der Waals surface area contributed by atoms with Gasteiger partial charge in [0.1, 0.15) is 12.4 Å². The summed E-state index contributed by atoms with van der Waals surface area (Å²) in [6, 6.07) is 5.39. The van der Waals surface area contributed by atoms with Crippen LogP contribution >= 0.6 is 11.6 Å². The molecule has 1 aromatic carbocycles. The van der Waals surface area contributed by atoms with E-state index in [9.17, 15) is 14.0 Å². The molecule has 0 aliphatic heterocycles. The van der Waals surface area contributed by atoms with E-state index in [0.717, 1.165) is 4.57 Å². The van der Waals surface area contributed by atoms with Gasteiger partial charge in [-0.25, -0.2) is 9.37 Å². The monoisotopic (exact) mass is 354 g/mol. The van der Waals surface area contributed by atoms with Gasteiger partial charge in [0, 0.05) is 19.7 Å². The number of nitrogens with zero attached hydrogens (tertiary/aromatic N) is 2. The molecule has 0 unspecified atom stereocenters. The minimum atomic E-state index is -0.534. The average Bonchev–Trinajstić information content (AvgIpc) is 2.52. The summed E-state index contributed by atoms with van der Waals surface area (Å²) >= 11 is 5.67. The molecule has 0 saturated heterocycles. The van der Waals surface area contributed by atoms with E-state index >= 15 is 0 Å². The molecule has 2 rings (SSSR count). The fourth-order valence-electron chi connectivity index (χ4n) is 2.00. The molecule has 0 fully saturated rings. The van der Waals surface area contributed by atoms with Crippen LogP contribution in [-0.2, 0) is 29.2 Å². The molecule has 9 heteroatoms. The maximum Gasteiger partial charge on any atom is 0.255 e. The fraction of sp³-hybridized carbons (Fsp3) is 0.267. The first-order valence-corrected chi connectivity index (χ1v) is 7.34. The number of aromatic nitrogens is 2. The number of benzene rings is 1. The highest BCUT2D eigenvalue weighted by Crippen LogP contribution is 2.15. The molecule has 3 N–H and O–H groups in total. The number of nitrogen functional groups attached to an aromatic ring is 1. The van der Waals surface area contributed by atoms with E-state index in [1.807, 2.05) is 0 Å². The van der Waals surface area contributed by atoms with Gasteiger partial charge >= 0.3 is 0 Å². The lowest BCUT2D eigenvalue weighted by Crippen LogP contribution is -2.34. The van der Waals surface area contributed by atoms with Crippen LogP contribution in [0.25, 0.3) is 0 Å². The smallest absolute Gasteiger partial charge is 0.255 e. The molecule has 0 spiro atoms. The number of carbonyl (C=O) groups is 1. The average molecular weight is 355 g/mol. The van der Waals surface area contributed by atoms with Crippen LogP contribution in [0.5, 0.6) is 0 Å². The molecular weight excluding hydrogens is 339 g/mol. The number of methoxy groups -OCH3 is 1. The zero-order valence-electron chi connectivity index (χ0n) is 12.9. The predicted molar refractivity (Wildman–Crippen MR) is 86.9 cm³/mol. The second kappa shape index (κ2) is 7.89. The van der Waals surface area contributed by atoms with E-state index < -0.39 is 17.3 Å². The molecule has 0 radical (unpaired) electrons. The van der Waals surface area contributed by atoms with Crippen molar-refractivity contribution in [2.24, 2.45) is 0 Å². The van der Waals surface area contributed by atoms with Crippen molar-refractivity contribution >= 4 is 23.5 Å². The van der Waals surface area contributed by atoms with Gasteiger partial charge in [-0.1, -0.05) is 17.7 Å². The molecule has 0 aliphatic carbocycles. The zero-order chi connectivity index (χ0) is 17.7. The number of hydrogen-bond donors (Lipinski definition) is 2. The van der Waals surface area contributed by atoms with Gasteiger partial charge in [0.05, 0.1) is 17.3 Å². The van der Waals surface area contributed by atoms with Crippen molar-refractivity contribution in [3.63, 3.8) is 0 Å². The van der Waals surface area contributed by atoms with Crippen molar-refractivity contribution in [2.45, 2.75) is 19.7 Å². The number of halogens is 2. The van der Waals surface area contributed by atoms with Crippen LogP contribution in [0.15, 0.2) is 29.1 Å². The molecular formula is C15H16ClFN4O3. The Bertz CT molecular complexity index is 810. The molecule has 1 amide bonds. The third kappa shape index (κ3) is 4.53. The van der Waals surface area contributed by atoms with Crippen LogP contribution in [-0.4, -0.2) is 22.6 Å². The third-order valence-corrected chi connectivity index (χ3v) is 3.45. The molecule has 0 bridgehead atoms. The topological polar surface area (TPSA) is 99.2 Å². The van der Waals surface area contributed by atoms with Crippen molar-refractivity contribution in [1.29, 1.82) is 0 Å². The lowest BCUT2D eigenvalue weighted by atomic mass is 10.2. The highest BCUT2D eigenvalue weighted by atomic mass is 35.5. The number of ether oxygens (including phenoxy) is 1. The van der Waals surface area contributed by atoms with E-state index in [2.05, 4.69) is 10.3 Å². The van der Waals surface area contributed by atoms with Crippen LogP contribution in [0.2, 0.25) is 5.02 Å². The van der Waals surface area contributed by atoms with E-state index in [-0.39, 0.29) is 30.7 Å². The predicted octanol–water partition coefficient (Wildman–Crippen LogP) is 1.08. The Morgan fingerprint density at radius 1 is 1.46 bits per heavy atom. The van der Waals surface area contributed by atoms with Gasteiger partial charge < -0.3 is 15.8 Å². The molecule has 0 aliphatic rings.